The van der Waals surface area contributed by atoms with Crippen molar-refractivity contribution in [1.82, 2.24) is 25.1 Å². The Labute approximate surface area is 145 Å². The van der Waals surface area contributed by atoms with Gasteiger partial charge in [-0.25, -0.2) is 9.97 Å². The molecule has 0 saturated carbocycles. The number of nitrogens with one attached hydrogen (secondary N) is 1. The highest BCUT2D eigenvalue weighted by molar-refractivity contribution is 7.15. The van der Waals surface area contributed by atoms with Crippen LogP contribution in [0.2, 0.25) is 0 Å². The maximum Gasteiger partial charge on any atom is 0.167 e. The number of aromatic nitrogens is 4. The molecule has 0 bridgehead atoms. The topological polar surface area (TPSA) is 57.7 Å². The lowest BCUT2D eigenvalue weighted by atomic mass is 10.1. The highest BCUT2D eigenvalue weighted by Gasteiger charge is 2.29. The van der Waals surface area contributed by atoms with E-state index in [9.17, 15) is 0 Å². The van der Waals surface area contributed by atoms with Gasteiger partial charge in [0.25, 0.3) is 0 Å². The van der Waals surface area contributed by atoms with Crippen molar-refractivity contribution in [2.75, 3.05) is 6.54 Å². The number of likely N-dealkylation sites (tertiary alicyclic amines) is 1. The predicted molar refractivity (Wildman–Crippen MR) is 95.8 cm³/mol. The van der Waals surface area contributed by atoms with Crippen LogP contribution >= 0.6 is 11.3 Å². The number of thiazole rings is 1. The van der Waals surface area contributed by atoms with E-state index in [0.717, 1.165) is 36.2 Å². The number of nitrogens with zero attached hydrogens (tertiary/aromatic N) is 4. The van der Waals surface area contributed by atoms with E-state index in [-0.39, 0.29) is 0 Å². The minimum Gasteiger partial charge on any atom is -0.288 e. The number of rotatable bonds is 4. The van der Waals surface area contributed by atoms with Crippen molar-refractivity contribution in [3.8, 4) is 10.6 Å². The Morgan fingerprint density at radius 3 is 2.96 bits per heavy atom. The molecule has 5 nitrogen and oxygen atoms in total. The van der Waals surface area contributed by atoms with Gasteiger partial charge in [0.05, 0.1) is 6.04 Å². The summed E-state index contributed by atoms with van der Waals surface area (Å²) in [6.07, 6.45) is 4.34. The van der Waals surface area contributed by atoms with Crippen molar-refractivity contribution in [3.05, 3.63) is 52.6 Å². The molecule has 1 aromatic carbocycles. The molecule has 1 saturated heterocycles. The monoisotopic (exact) mass is 339 g/mol. The summed E-state index contributed by atoms with van der Waals surface area (Å²) in [6, 6.07) is 8.75. The molecule has 0 spiro atoms. The van der Waals surface area contributed by atoms with Crippen LogP contribution in [0.3, 0.4) is 0 Å². The number of hydrogen-bond acceptors (Lipinski definition) is 5. The normalized spacial score (nSPS) is 18.3. The van der Waals surface area contributed by atoms with Gasteiger partial charge in [0, 0.05) is 23.2 Å². The fraction of sp³-hybridized carbons (Fsp3) is 0.389. The molecule has 4 rings (SSSR count). The maximum absolute atomic E-state index is 4.65. The van der Waals surface area contributed by atoms with Crippen molar-refractivity contribution in [3.63, 3.8) is 0 Å². The smallest absolute Gasteiger partial charge is 0.167 e. The maximum atomic E-state index is 4.65. The molecule has 0 aliphatic carbocycles. The molecule has 0 amide bonds. The number of H-pyrrole nitrogens is 1. The van der Waals surface area contributed by atoms with Gasteiger partial charge in [-0.3, -0.25) is 10.00 Å². The van der Waals surface area contributed by atoms with Crippen LogP contribution in [0.1, 0.15) is 41.0 Å². The Balaban J connectivity index is 1.52. The van der Waals surface area contributed by atoms with Gasteiger partial charge in [0.2, 0.25) is 0 Å². The molecular weight excluding hydrogens is 318 g/mol. The molecule has 2 aromatic heterocycles. The Bertz CT molecular complexity index is 837. The lowest BCUT2D eigenvalue weighted by Gasteiger charge is -2.20. The number of aryl methyl sites for hydroxylation is 2. The van der Waals surface area contributed by atoms with E-state index < -0.39 is 0 Å². The first-order chi connectivity index (χ1) is 11.7. The zero-order chi connectivity index (χ0) is 16.5. The Kier molecular flexibility index (Phi) is 4.16. The second-order valence-corrected chi connectivity index (χ2v) is 7.47. The van der Waals surface area contributed by atoms with Crippen LogP contribution in [-0.4, -0.2) is 31.6 Å². The molecule has 1 aliphatic heterocycles. The third-order valence-electron chi connectivity index (χ3n) is 4.56. The molecule has 1 aliphatic rings. The van der Waals surface area contributed by atoms with Gasteiger partial charge in [-0.05, 0) is 38.8 Å². The summed E-state index contributed by atoms with van der Waals surface area (Å²) < 4.78 is 0. The fourth-order valence-electron chi connectivity index (χ4n) is 3.33. The van der Waals surface area contributed by atoms with E-state index in [1.807, 2.05) is 13.1 Å². The number of benzene rings is 1. The Hall–Kier alpha value is -2.05. The molecule has 24 heavy (non-hydrogen) atoms. The molecule has 124 valence electrons. The first-order valence-corrected chi connectivity index (χ1v) is 9.16. The van der Waals surface area contributed by atoms with Crippen LogP contribution in [0, 0.1) is 13.8 Å². The van der Waals surface area contributed by atoms with E-state index in [0.29, 0.717) is 6.04 Å². The molecule has 3 aromatic rings. The van der Waals surface area contributed by atoms with Crippen LogP contribution in [0.4, 0.5) is 0 Å². The van der Waals surface area contributed by atoms with Crippen molar-refractivity contribution in [2.24, 2.45) is 0 Å². The summed E-state index contributed by atoms with van der Waals surface area (Å²) in [7, 11) is 0. The number of hydrogen-bond donors (Lipinski definition) is 1. The van der Waals surface area contributed by atoms with E-state index in [1.165, 1.54) is 22.4 Å². The molecule has 0 radical (unpaired) electrons. The lowest BCUT2D eigenvalue weighted by molar-refractivity contribution is 0.242. The lowest BCUT2D eigenvalue weighted by Crippen LogP contribution is -2.23. The predicted octanol–water partition coefficient (Wildman–Crippen LogP) is 3.88. The summed E-state index contributed by atoms with van der Waals surface area (Å²) in [4.78, 5) is 12.9. The zero-order valence-corrected chi connectivity index (χ0v) is 14.8. The van der Waals surface area contributed by atoms with Gasteiger partial charge in [-0.2, -0.15) is 5.10 Å². The first kappa shape index (κ1) is 15.5. The largest absolute Gasteiger partial charge is 0.288 e. The third-order valence-corrected chi connectivity index (χ3v) is 5.58. The van der Waals surface area contributed by atoms with Gasteiger partial charge in [0.1, 0.15) is 10.8 Å². The molecule has 1 N–H and O–H groups in total. The number of aromatic amines is 1. The van der Waals surface area contributed by atoms with Gasteiger partial charge in [-0.1, -0.05) is 24.3 Å². The highest BCUT2D eigenvalue weighted by atomic mass is 32.1. The van der Waals surface area contributed by atoms with Gasteiger partial charge in [0.15, 0.2) is 5.82 Å². The molecule has 3 heterocycles. The quantitative estimate of drug-likeness (QED) is 0.783. The van der Waals surface area contributed by atoms with Crippen molar-refractivity contribution in [2.45, 2.75) is 39.3 Å². The SMILES string of the molecule is Cc1nc(C2CCCN2Cc2cnc(-c3ccccc3C)s2)n[nH]1. The van der Waals surface area contributed by atoms with Crippen LogP contribution in [0.15, 0.2) is 30.5 Å². The summed E-state index contributed by atoms with van der Waals surface area (Å²) in [5.74, 6) is 1.81. The minimum atomic E-state index is 0.318. The van der Waals surface area contributed by atoms with Crippen molar-refractivity contribution >= 4 is 11.3 Å². The molecule has 1 unspecified atom stereocenters. The summed E-state index contributed by atoms with van der Waals surface area (Å²) in [5, 5.41) is 8.43. The summed E-state index contributed by atoms with van der Waals surface area (Å²) in [5.41, 5.74) is 2.50. The van der Waals surface area contributed by atoms with E-state index >= 15 is 0 Å². The second kappa shape index (κ2) is 6.45. The molecule has 1 fully saturated rings. The molecular formula is C18H21N5S. The van der Waals surface area contributed by atoms with Crippen molar-refractivity contribution in [1.29, 1.82) is 0 Å². The van der Waals surface area contributed by atoms with Crippen molar-refractivity contribution < 1.29 is 0 Å². The van der Waals surface area contributed by atoms with Crippen LogP contribution < -0.4 is 0 Å². The first-order valence-electron chi connectivity index (χ1n) is 8.34. The zero-order valence-electron chi connectivity index (χ0n) is 14.0. The van der Waals surface area contributed by atoms with E-state index in [2.05, 4.69) is 56.3 Å². The highest BCUT2D eigenvalue weighted by Crippen LogP contribution is 2.34. The van der Waals surface area contributed by atoms with Gasteiger partial charge >= 0.3 is 0 Å². The minimum absolute atomic E-state index is 0.318. The molecule has 6 heteroatoms. The molecule has 1 atom stereocenters. The van der Waals surface area contributed by atoms with Gasteiger partial charge in [-0.15, -0.1) is 11.3 Å². The fourth-order valence-corrected chi connectivity index (χ4v) is 4.36. The van der Waals surface area contributed by atoms with Gasteiger partial charge < -0.3 is 0 Å². The average Bonchev–Trinajstić information content (AvgIpc) is 3.29. The Morgan fingerprint density at radius 2 is 2.17 bits per heavy atom. The van der Waals surface area contributed by atoms with Crippen LogP contribution in [-0.2, 0) is 6.54 Å². The average molecular weight is 339 g/mol. The van der Waals surface area contributed by atoms with E-state index in [4.69, 9.17) is 0 Å². The van der Waals surface area contributed by atoms with Crippen LogP contribution in [0.5, 0.6) is 0 Å². The summed E-state index contributed by atoms with van der Waals surface area (Å²) >= 11 is 1.79. The van der Waals surface area contributed by atoms with Crippen LogP contribution in [0.25, 0.3) is 10.6 Å². The Morgan fingerprint density at radius 1 is 1.29 bits per heavy atom. The van der Waals surface area contributed by atoms with E-state index in [1.54, 1.807) is 11.3 Å². The second-order valence-electron chi connectivity index (χ2n) is 6.35. The standard InChI is InChI=1S/C18H21N5S/c1-12-6-3-4-7-15(12)18-19-10-14(24-18)11-23-9-5-8-16(23)17-20-13(2)21-22-17/h3-4,6-7,10,16H,5,8-9,11H2,1-2H3,(H,20,21,22). The third kappa shape index (κ3) is 2.99. The summed E-state index contributed by atoms with van der Waals surface area (Å²) in [6.45, 7) is 6.10.